The van der Waals surface area contributed by atoms with Gasteiger partial charge in [-0.3, -0.25) is 0 Å². The largest absolute Gasteiger partial charge is 0.392 e. The summed E-state index contributed by atoms with van der Waals surface area (Å²) in [5, 5.41) is 11.9. The van der Waals surface area contributed by atoms with Crippen molar-refractivity contribution in [3.05, 3.63) is 45.7 Å². The predicted molar refractivity (Wildman–Crippen MR) is 77.8 cm³/mol. The molecule has 0 atom stereocenters. The van der Waals surface area contributed by atoms with Gasteiger partial charge in [0.25, 0.3) is 0 Å². The van der Waals surface area contributed by atoms with E-state index < -0.39 is 22.4 Å². The fourth-order valence-electron chi connectivity index (χ4n) is 1.86. The molecule has 5 nitrogen and oxygen atoms in total. The molecule has 0 spiro atoms. The van der Waals surface area contributed by atoms with Gasteiger partial charge in [-0.15, -0.1) is 11.3 Å². The van der Waals surface area contributed by atoms with Crippen molar-refractivity contribution in [3.63, 3.8) is 0 Å². The van der Waals surface area contributed by atoms with Crippen molar-refractivity contribution in [2.24, 2.45) is 0 Å². The molecule has 2 aromatic rings. The summed E-state index contributed by atoms with van der Waals surface area (Å²) < 4.78 is 39.4. The van der Waals surface area contributed by atoms with Crippen LogP contribution in [0.3, 0.4) is 0 Å². The molecular formula is C13H15FN2O3S2. The van der Waals surface area contributed by atoms with Crippen molar-refractivity contribution >= 4 is 21.4 Å². The van der Waals surface area contributed by atoms with Crippen LogP contribution in [-0.4, -0.2) is 29.9 Å². The number of nitrogens with zero attached hydrogens (tertiary/aromatic N) is 2. The van der Waals surface area contributed by atoms with Crippen molar-refractivity contribution in [3.8, 4) is 0 Å². The Morgan fingerprint density at radius 1 is 1.43 bits per heavy atom. The Bertz CT molecular complexity index is 744. The third-order valence-corrected chi connectivity index (χ3v) is 5.65. The van der Waals surface area contributed by atoms with E-state index in [-0.39, 0.29) is 17.0 Å². The molecule has 0 bridgehead atoms. The zero-order chi connectivity index (χ0) is 15.6. The van der Waals surface area contributed by atoms with E-state index >= 15 is 0 Å². The second-order valence-corrected chi connectivity index (χ2v) is 7.60. The van der Waals surface area contributed by atoms with E-state index in [2.05, 4.69) is 4.98 Å². The molecule has 21 heavy (non-hydrogen) atoms. The van der Waals surface area contributed by atoms with Gasteiger partial charge in [-0.05, 0) is 24.6 Å². The van der Waals surface area contributed by atoms with Crippen LogP contribution < -0.4 is 0 Å². The fourth-order valence-corrected chi connectivity index (χ4v) is 3.83. The highest BCUT2D eigenvalue weighted by Gasteiger charge is 2.25. The first-order valence-corrected chi connectivity index (χ1v) is 8.43. The molecule has 0 aliphatic rings. The molecule has 0 aliphatic heterocycles. The molecule has 8 heteroatoms. The van der Waals surface area contributed by atoms with E-state index in [0.717, 1.165) is 21.4 Å². The molecule has 2 rings (SSSR count). The van der Waals surface area contributed by atoms with Crippen LogP contribution in [0.2, 0.25) is 0 Å². The van der Waals surface area contributed by atoms with Crippen LogP contribution >= 0.6 is 11.3 Å². The van der Waals surface area contributed by atoms with Crippen LogP contribution in [0.15, 0.2) is 28.5 Å². The Balaban J connectivity index is 2.35. The number of hydrogen-bond acceptors (Lipinski definition) is 5. The average Bonchev–Trinajstić information content (AvgIpc) is 2.84. The SMILES string of the molecule is Cc1nc(CN(C)S(=O)(=O)c2cc(F)ccc2CO)cs1. The van der Waals surface area contributed by atoms with Crippen LogP contribution in [0.4, 0.5) is 4.39 Å². The summed E-state index contributed by atoms with van der Waals surface area (Å²) in [6.45, 7) is 1.45. The molecule has 1 N–H and O–H groups in total. The monoisotopic (exact) mass is 330 g/mol. The Morgan fingerprint density at radius 3 is 2.71 bits per heavy atom. The first-order valence-electron chi connectivity index (χ1n) is 6.11. The van der Waals surface area contributed by atoms with Crippen molar-refractivity contribution in [2.45, 2.75) is 25.0 Å². The van der Waals surface area contributed by atoms with Crippen LogP contribution in [-0.2, 0) is 23.2 Å². The first-order chi connectivity index (χ1) is 9.84. The lowest BCUT2D eigenvalue weighted by atomic mass is 10.2. The van der Waals surface area contributed by atoms with Gasteiger partial charge in [-0.2, -0.15) is 4.31 Å². The third kappa shape index (κ3) is 3.46. The summed E-state index contributed by atoms with van der Waals surface area (Å²) in [6, 6.07) is 3.31. The Kier molecular flexibility index (Phi) is 4.72. The quantitative estimate of drug-likeness (QED) is 0.909. The highest BCUT2D eigenvalue weighted by atomic mass is 32.2. The van der Waals surface area contributed by atoms with Gasteiger partial charge in [-0.25, -0.2) is 17.8 Å². The number of aryl methyl sites for hydroxylation is 1. The number of thiazole rings is 1. The van der Waals surface area contributed by atoms with E-state index in [0.29, 0.717) is 5.69 Å². The topological polar surface area (TPSA) is 70.5 Å². The number of aromatic nitrogens is 1. The summed E-state index contributed by atoms with van der Waals surface area (Å²) in [6.07, 6.45) is 0. The third-order valence-electron chi connectivity index (χ3n) is 2.94. The minimum Gasteiger partial charge on any atom is -0.392 e. The molecule has 0 fully saturated rings. The molecule has 1 aromatic carbocycles. The molecule has 0 amide bonds. The number of halogens is 1. The minimum absolute atomic E-state index is 0.0913. The summed E-state index contributed by atoms with van der Waals surface area (Å²) in [5.41, 5.74) is 0.795. The highest BCUT2D eigenvalue weighted by Crippen LogP contribution is 2.22. The summed E-state index contributed by atoms with van der Waals surface area (Å²) in [7, 11) is -2.50. The van der Waals surface area contributed by atoms with Gasteiger partial charge in [0, 0.05) is 12.4 Å². The molecule has 0 unspecified atom stereocenters. The van der Waals surface area contributed by atoms with E-state index in [9.17, 15) is 17.9 Å². The highest BCUT2D eigenvalue weighted by molar-refractivity contribution is 7.89. The Labute approximate surface area is 126 Å². The summed E-state index contributed by atoms with van der Waals surface area (Å²) >= 11 is 1.43. The van der Waals surface area contributed by atoms with Crippen molar-refractivity contribution in [2.75, 3.05) is 7.05 Å². The zero-order valence-corrected chi connectivity index (χ0v) is 13.2. The van der Waals surface area contributed by atoms with Crippen LogP contribution in [0, 0.1) is 12.7 Å². The number of aliphatic hydroxyl groups is 1. The maximum atomic E-state index is 13.3. The fraction of sp³-hybridized carbons (Fsp3) is 0.308. The second-order valence-electron chi connectivity index (χ2n) is 4.53. The van der Waals surface area contributed by atoms with Gasteiger partial charge in [0.2, 0.25) is 10.0 Å². The van der Waals surface area contributed by atoms with E-state index in [4.69, 9.17) is 0 Å². The van der Waals surface area contributed by atoms with E-state index in [1.54, 1.807) is 5.38 Å². The lowest BCUT2D eigenvalue weighted by Gasteiger charge is -2.18. The van der Waals surface area contributed by atoms with Crippen LogP contribution in [0.25, 0.3) is 0 Å². The molecule has 1 heterocycles. The number of rotatable bonds is 5. The van der Waals surface area contributed by atoms with Crippen molar-refractivity contribution in [1.82, 2.24) is 9.29 Å². The Hall–Kier alpha value is -1.35. The van der Waals surface area contributed by atoms with Crippen LogP contribution in [0.5, 0.6) is 0 Å². The van der Waals surface area contributed by atoms with E-state index in [1.165, 1.54) is 24.5 Å². The lowest BCUT2D eigenvalue weighted by Crippen LogP contribution is -2.27. The second kappa shape index (κ2) is 6.18. The molecule has 0 saturated heterocycles. The average molecular weight is 330 g/mol. The lowest BCUT2D eigenvalue weighted by molar-refractivity contribution is 0.278. The molecule has 0 radical (unpaired) electrons. The summed E-state index contributed by atoms with van der Waals surface area (Å²) in [5.74, 6) is -0.663. The van der Waals surface area contributed by atoms with Gasteiger partial charge in [-0.1, -0.05) is 6.07 Å². The molecule has 0 aliphatic carbocycles. The van der Waals surface area contributed by atoms with Gasteiger partial charge in [0.15, 0.2) is 0 Å². The first kappa shape index (κ1) is 16.0. The predicted octanol–water partition coefficient (Wildman–Crippen LogP) is 1.90. The normalized spacial score (nSPS) is 12.0. The molecular weight excluding hydrogens is 315 g/mol. The Morgan fingerprint density at radius 2 is 2.14 bits per heavy atom. The standard InChI is InChI=1S/C13H15FN2O3S2/c1-9-15-12(8-20-9)6-16(2)21(18,19)13-5-11(14)4-3-10(13)7-17/h3-5,8,17H,6-7H2,1-2H3. The van der Waals surface area contributed by atoms with Gasteiger partial charge in [0.1, 0.15) is 5.82 Å². The number of aliphatic hydroxyl groups excluding tert-OH is 1. The zero-order valence-electron chi connectivity index (χ0n) is 11.6. The van der Waals surface area contributed by atoms with Gasteiger partial charge >= 0.3 is 0 Å². The summed E-state index contributed by atoms with van der Waals surface area (Å²) in [4.78, 5) is 3.98. The van der Waals surface area contributed by atoms with Gasteiger partial charge < -0.3 is 5.11 Å². The van der Waals surface area contributed by atoms with Gasteiger partial charge in [0.05, 0.1) is 28.7 Å². The smallest absolute Gasteiger partial charge is 0.243 e. The molecule has 0 saturated carbocycles. The van der Waals surface area contributed by atoms with Crippen molar-refractivity contribution < 1.29 is 17.9 Å². The van der Waals surface area contributed by atoms with Crippen molar-refractivity contribution in [1.29, 1.82) is 0 Å². The molecule has 114 valence electrons. The maximum Gasteiger partial charge on any atom is 0.243 e. The number of benzene rings is 1. The van der Waals surface area contributed by atoms with E-state index in [1.807, 2.05) is 6.92 Å². The van der Waals surface area contributed by atoms with Crippen LogP contribution in [0.1, 0.15) is 16.3 Å². The maximum absolute atomic E-state index is 13.3. The minimum atomic E-state index is -3.90. The number of hydrogen-bond donors (Lipinski definition) is 1. The molecule has 1 aromatic heterocycles. The number of sulfonamides is 1.